The topological polar surface area (TPSA) is 152 Å². The average molecular weight is 404 g/mol. The number of H-pyrrole nitrogens is 1. The van der Waals surface area contributed by atoms with Gasteiger partial charge < -0.3 is 30.4 Å². The molecule has 9 heteroatoms. The molecule has 0 radical (unpaired) electrons. The monoisotopic (exact) mass is 404 g/mol. The highest BCUT2D eigenvalue weighted by Gasteiger charge is 2.27. The number of nitrogens with one attached hydrogen (secondary N) is 1. The summed E-state index contributed by atoms with van der Waals surface area (Å²) in [6.45, 7) is 6.65. The first-order valence-corrected chi connectivity index (χ1v) is 9.09. The fourth-order valence-corrected chi connectivity index (χ4v) is 2.79. The molecule has 0 unspecified atom stereocenters. The zero-order valence-electron chi connectivity index (χ0n) is 16.4. The highest BCUT2D eigenvalue weighted by atomic mass is 16.5. The Bertz CT molecular complexity index is 980. The van der Waals surface area contributed by atoms with Gasteiger partial charge in [-0.05, 0) is 37.0 Å². The summed E-state index contributed by atoms with van der Waals surface area (Å²) in [6, 6.07) is 4.47. The molecule has 0 aliphatic rings. The first-order chi connectivity index (χ1) is 13.7. The molecule has 5 N–H and O–H groups in total. The van der Waals surface area contributed by atoms with E-state index in [1.165, 1.54) is 12.1 Å². The minimum atomic E-state index is -1.57. The molecular formula is C20H24N2O7. The maximum atomic E-state index is 12.2. The van der Waals surface area contributed by atoms with Crippen LogP contribution in [0.3, 0.4) is 0 Å². The summed E-state index contributed by atoms with van der Waals surface area (Å²) in [5.74, 6) is -2.29. The molecule has 0 saturated heterocycles. The summed E-state index contributed by atoms with van der Waals surface area (Å²) in [4.78, 5) is 37.7. The molecule has 2 rings (SSSR count). The molecule has 0 fully saturated rings. The summed E-state index contributed by atoms with van der Waals surface area (Å²) >= 11 is 0. The van der Waals surface area contributed by atoms with E-state index in [-0.39, 0.29) is 11.1 Å². The summed E-state index contributed by atoms with van der Waals surface area (Å²) in [5.41, 5.74) is 3.33. The molecule has 0 aliphatic heterocycles. The lowest BCUT2D eigenvalue weighted by Crippen LogP contribution is -2.24. The second-order valence-electron chi connectivity index (χ2n) is 6.73. The summed E-state index contributed by atoms with van der Waals surface area (Å²) < 4.78 is 11.3. The number of carboxylic acid groups (broad SMARTS) is 2. The SMILES string of the molecule is CCOc1cc(-c2c(C(=O)O)c(N)[nH]c(=O)c2C(=O)O)ccc1OCCC(C)C. The van der Waals surface area contributed by atoms with E-state index >= 15 is 0 Å². The van der Waals surface area contributed by atoms with E-state index < -0.39 is 34.4 Å². The van der Waals surface area contributed by atoms with Crippen molar-refractivity contribution in [2.45, 2.75) is 27.2 Å². The van der Waals surface area contributed by atoms with Gasteiger partial charge in [-0.15, -0.1) is 0 Å². The van der Waals surface area contributed by atoms with Crippen molar-refractivity contribution in [3.05, 3.63) is 39.7 Å². The highest BCUT2D eigenvalue weighted by Crippen LogP contribution is 2.36. The smallest absolute Gasteiger partial charge is 0.342 e. The minimum Gasteiger partial charge on any atom is -0.490 e. The Morgan fingerprint density at radius 1 is 1.10 bits per heavy atom. The highest BCUT2D eigenvalue weighted by molar-refractivity contribution is 6.07. The molecule has 0 bridgehead atoms. The molecule has 9 nitrogen and oxygen atoms in total. The van der Waals surface area contributed by atoms with E-state index in [0.29, 0.717) is 30.6 Å². The summed E-state index contributed by atoms with van der Waals surface area (Å²) in [7, 11) is 0. The van der Waals surface area contributed by atoms with Crippen LogP contribution in [0.25, 0.3) is 11.1 Å². The number of benzene rings is 1. The Balaban J connectivity index is 2.67. The Hall–Kier alpha value is -3.49. The predicted molar refractivity (Wildman–Crippen MR) is 107 cm³/mol. The van der Waals surface area contributed by atoms with Crippen LogP contribution in [0.4, 0.5) is 5.82 Å². The van der Waals surface area contributed by atoms with Crippen molar-refractivity contribution in [2.24, 2.45) is 5.92 Å². The first-order valence-electron chi connectivity index (χ1n) is 9.09. The third kappa shape index (κ3) is 4.87. The number of hydrogen-bond donors (Lipinski definition) is 4. The third-order valence-corrected chi connectivity index (χ3v) is 4.16. The van der Waals surface area contributed by atoms with Gasteiger partial charge in [0.25, 0.3) is 5.56 Å². The van der Waals surface area contributed by atoms with Gasteiger partial charge in [-0.3, -0.25) is 4.79 Å². The van der Waals surface area contributed by atoms with Crippen LogP contribution in [-0.2, 0) is 0 Å². The number of ether oxygens (including phenoxy) is 2. The Morgan fingerprint density at radius 3 is 2.31 bits per heavy atom. The van der Waals surface area contributed by atoms with E-state index in [2.05, 4.69) is 18.8 Å². The van der Waals surface area contributed by atoms with Gasteiger partial charge in [0.15, 0.2) is 11.5 Å². The van der Waals surface area contributed by atoms with Crippen LogP contribution in [0, 0.1) is 5.92 Å². The number of hydrogen-bond acceptors (Lipinski definition) is 6. The fourth-order valence-electron chi connectivity index (χ4n) is 2.79. The van der Waals surface area contributed by atoms with Gasteiger partial charge in [0.1, 0.15) is 16.9 Å². The van der Waals surface area contributed by atoms with Gasteiger partial charge in [-0.2, -0.15) is 0 Å². The van der Waals surface area contributed by atoms with Crippen LogP contribution in [0.2, 0.25) is 0 Å². The maximum absolute atomic E-state index is 12.2. The number of anilines is 1. The van der Waals surface area contributed by atoms with Crippen molar-refractivity contribution in [3.63, 3.8) is 0 Å². The zero-order chi connectivity index (χ0) is 21.7. The van der Waals surface area contributed by atoms with Gasteiger partial charge in [-0.1, -0.05) is 19.9 Å². The van der Waals surface area contributed by atoms with Gasteiger partial charge in [0.05, 0.1) is 13.2 Å². The van der Waals surface area contributed by atoms with Crippen molar-refractivity contribution in [2.75, 3.05) is 18.9 Å². The number of carbonyl (C=O) groups is 2. The quantitative estimate of drug-likeness (QED) is 0.498. The average Bonchev–Trinajstić information content (AvgIpc) is 2.61. The second-order valence-corrected chi connectivity index (χ2v) is 6.73. The van der Waals surface area contributed by atoms with Crippen molar-refractivity contribution >= 4 is 17.8 Å². The number of nitrogen functional groups attached to an aromatic ring is 1. The molecule has 0 spiro atoms. The number of aromatic carboxylic acids is 2. The van der Waals surface area contributed by atoms with Crippen molar-refractivity contribution in [1.29, 1.82) is 0 Å². The van der Waals surface area contributed by atoms with E-state index in [1.54, 1.807) is 13.0 Å². The van der Waals surface area contributed by atoms with E-state index in [1.807, 2.05) is 0 Å². The largest absolute Gasteiger partial charge is 0.490 e. The lowest BCUT2D eigenvalue weighted by Gasteiger charge is -2.16. The van der Waals surface area contributed by atoms with Crippen molar-refractivity contribution in [1.82, 2.24) is 4.98 Å². The van der Waals surface area contributed by atoms with Crippen LogP contribution in [-0.4, -0.2) is 40.3 Å². The maximum Gasteiger partial charge on any atom is 0.342 e. The standard InChI is InChI=1S/C20H24N2O7/c1-4-28-13-9-11(5-6-12(13)29-8-7-10(2)3)14-15(19(24)25)17(21)22-18(23)16(14)20(26)27/h5-6,9-10H,4,7-8H2,1-3H3,(H,24,25)(H,26,27)(H3,21,22,23). The van der Waals surface area contributed by atoms with Gasteiger partial charge in [0, 0.05) is 5.56 Å². The molecule has 29 heavy (non-hydrogen) atoms. The van der Waals surface area contributed by atoms with Gasteiger partial charge in [-0.25, -0.2) is 9.59 Å². The normalized spacial score (nSPS) is 10.8. The third-order valence-electron chi connectivity index (χ3n) is 4.16. The van der Waals surface area contributed by atoms with E-state index in [4.69, 9.17) is 15.2 Å². The Labute approximate surface area is 167 Å². The summed E-state index contributed by atoms with van der Waals surface area (Å²) in [6.07, 6.45) is 0.824. The van der Waals surface area contributed by atoms with Crippen molar-refractivity contribution in [3.8, 4) is 22.6 Å². The Kier molecular flexibility index (Phi) is 6.87. The van der Waals surface area contributed by atoms with Gasteiger partial charge in [0.2, 0.25) is 0 Å². The molecule has 2 aromatic rings. The van der Waals surface area contributed by atoms with Gasteiger partial charge >= 0.3 is 11.9 Å². The van der Waals surface area contributed by atoms with Crippen LogP contribution in [0.15, 0.2) is 23.0 Å². The lowest BCUT2D eigenvalue weighted by molar-refractivity contribution is 0.0695. The number of pyridine rings is 1. The molecule has 1 heterocycles. The number of nitrogens with two attached hydrogens (primary N) is 1. The molecule has 0 amide bonds. The molecule has 0 aliphatic carbocycles. The number of rotatable bonds is 9. The van der Waals surface area contributed by atoms with Crippen LogP contribution >= 0.6 is 0 Å². The Morgan fingerprint density at radius 2 is 1.76 bits per heavy atom. The van der Waals surface area contributed by atoms with Crippen LogP contribution < -0.4 is 20.8 Å². The summed E-state index contributed by atoms with van der Waals surface area (Å²) in [5, 5.41) is 19.0. The second kappa shape index (κ2) is 9.13. The molecular weight excluding hydrogens is 380 g/mol. The number of aromatic amines is 1. The zero-order valence-corrected chi connectivity index (χ0v) is 16.4. The number of carboxylic acids is 2. The van der Waals surface area contributed by atoms with E-state index in [0.717, 1.165) is 6.42 Å². The molecule has 1 aromatic heterocycles. The van der Waals surface area contributed by atoms with E-state index in [9.17, 15) is 24.6 Å². The first kappa shape index (κ1) is 21.8. The minimum absolute atomic E-state index is 0.164. The molecule has 0 atom stereocenters. The lowest BCUT2D eigenvalue weighted by atomic mass is 9.95. The molecule has 1 aromatic carbocycles. The number of aromatic nitrogens is 1. The molecule has 0 saturated carbocycles. The van der Waals surface area contributed by atoms with Crippen molar-refractivity contribution < 1.29 is 29.3 Å². The van der Waals surface area contributed by atoms with Crippen LogP contribution in [0.1, 0.15) is 47.9 Å². The predicted octanol–water partition coefficient (Wildman–Crippen LogP) is 2.84. The fraction of sp³-hybridized carbons (Fsp3) is 0.350. The van der Waals surface area contributed by atoms with Crippen LogP contribution in [0.5, 0.6) is 11.5 Å². The molecule has 156 valence electrons.